The Morgan fingerprint density at radius 1 is 1.60 bits per heavy atom. The molecule has 15 heavy (non-hydrogen) atoms. The third-order valence-electron chi connectivity index (χ3n) is 2.64. The van der Waals surface area contributed by atoms with Crippen LogP contribution < -0.4 is 5.73 Å². The molecule has 0 unspecified atom stereocenters. The molecule has 2 rings (SSSR count). The molecule has 1 aromatic heterocycles. The van der Waals surface area contributed by atoms with Crippen LogP contribution in [0.15, 0.2) is 6.20 Å². The molecule has 0 atom stereocenters. The predicted octanol–water partition coefficient (Wildman–Crippen LogP) is 0.0786. The summed E-state index contributed by atoms with van der Waals surface area (Å²) in [7, 11) is 2.14. The number of nitrogens with zero attached hydrogens (tertiary/aromatic N) is 4. The van der Waals surface area contributed by atoms with Gasteiger partial charge in [-0.2, -0.15) is 0 Å². The summed E-state index contributed by atoms with van der Waals surface area (Å²) in [5, 5.41) is 8.13. The van der Waals surface area contributed by atoms with Gasteiger partial charge >= 0.3 is 0 Å². The molecule has 0 bridgehead atoms. The van der Waals surface area contributed by atoms with Crippen molar-refractivity contribution in [1.29, 1.82) is 0 Å². The molecule has 0 saturated heterocycles. The van der Waals surface area contributed by atoms with Crippen LogP contribution in [0.5, 0.6) is 0 Å². The van der Waals surface area contributed by atoms with Gasteiger partial charge in [-0.05, 0) is 25.8 Å². The number of hydrogen-bond donors (Lipinski definition) is 1. The van der Waals surface area contributed by atoms with E-state index in [4.69, 9.17) is 5.73 Å². The van der Waals surface area contributed by atoms with Gasteiger partial charge in [-0.3, -0.25) is 4.68 Å². The maximum Gasteiger partial charge on any atom is 0.0967 e. The van der Waals surface area contributed by atoms with Gasteiger partial charge in [-0.25, -0.2) is 0 Å². The molecule has 1 heterocycles. The zero-order valence-electron chi connectivity index (χ0n) is 9.26. The van der Waals surface area contributed by atoms with E-state index in [1.54, 1.807) is 4.68 Å². The summed E-state index contributed by atoms with van der Waals surface area (Å²) >= 11 is 0. The summed E-state index contributed by atoms with van der Waals surface area (Å²) in [4.78, 5) is 2.31. The van der Waals surface area contributed by atoms with E-state index in [0.717, 1.165) is 24.7 Å². The molecule has 84 valence electrons. The van der Waals surface area contributed by atoms with Crippen molar-refractivity contribution in [1.82, 2.24) is 19.9 Å². The van der Waals surface area contributed by atoms with Crippen LogP contribution >= 0.6 is 0 Å². The Morgan fingerprint density at radius 2 is 2.40 bits per heavy atom. The highest BCUT2D eigenvalue weighted by molar-refractivity contribution is 4.92. The molecule has 0 spiro atoms. The summed E-state index contributed by atoms with van der Waals surface area (Å²) in [5.74, 6) is 0.925. The lowest BCUT2D eigenvalue weighted by molar-refractivity contribution is 0.309. The molecule has 0 aromatic carbocycles. The molecule has 1 fully saturated rings. The molecular weight excluding hydrogens is 190 g/mol. The minimum absolute atomic E-state index is 0.612. The van der Waals surface area contributed by atoms with Gasteiger partial charge in [0, 0.05) is 25.8 Å². The van der Waals surface area contributed by atoms with Crippen LogP contribution in [0.1, 0.15) is 18.5 Å². The normalized spacial score (nSPS) is 16.2. The van der Waals surface area contributed by atoms with Crippen molar-refractivity contribution < 1.29 is 0 Å². The third kappa shape index (κ3) is 3.28. The van der Waals surface area contributed by atoms with E-state index in [9.17, 15) is 0 Å². The lowest BCUT2D eigenvalue weighted by Gasteiger charge is -2.13. The van der Waals surface area contributed by atoms with Crippen molar-refractivity contribution in [3.05, 3.63) is 11.9 Å². The fourth-order valence-corrected chi connectivity index (χ4v) is 1.73. The van der Waals surface area contributed by atoms with E-state index < -0.39 is 0 Å². The minimum Gasteiger partial charge on any atom is -0.329 e. The highest BCUT2D eigenvalue weighted by Gasteiger charge is 2.22. The lowest BCUT2D eigenvalue weighted by Crippen LogP contribution is -2.20. The highest BCUT2D eigenvalue weighted by Crippen LogP contribution is 2.29. The maximum absolute atomic E-state index is 5.45. The van der Waals surface area contributed by atoms with E-state index in [1.165, 1.54) is 19.4 Å². The Balaban J connectivity index is 1.80. The van der Waals surface area contributed by atoms with Gasteiger partial charge in [0.1, 0.15) is 0 Å². The molecule has 5 nitrogen and oxygen atoms in total. The molecule has 1 aliphatic rings. The topological polar surface area (TPSA) is 60.0 Å². The Morgan fingerprint density at radius 3 is 3.07 bits per heavy atom. The summed E-state index contributed by atoms with van der Waals surface area (Å²) in [5.41, 5.74) is 6.48. The average molecular weight is 209 g/mol. The number of aromatic nitrogens is 3. The monoisotopic (exact) mass is 209 g/mol. The summed E-state index contributed by atoms with van der Waals surface area (Å²) in [6.07, 6.45) is 4.77. The third-order valence-corrected chi connectivity index (χ3v) is 2.64. The maximum atomic E-state index is 5.45. The second-order valence-electron chi connectivity index (χ2n) is 4.40. The quantitative estimate of drug-likeness (QED) is 0.720. The Kier molecular flexibility index (Phi) is 3.33. The molecular formula is C10H19N5. The molecule has 1 aliphatic carbocycles. The van der Waals surface area contributed by atoms with Gasteiger partial charge in [-0.15, -0.1) is 5.10 Å². The van der Waals surface area contributed by atoms with Gasteiger partial charge in [-0.1, -0.05) is 5.21 Å². The number of rotatable bonds is 6. The van der Waals surface area contributed by atoms with Crippen molar-refractivity contribution in [2.45, 2.75) is 25.9 Å². The second kappa shape index (κ2) is 4.72. The standard InChI is InChI=1S/C10H19N5/c1-14(6-9-2-3-9)7-10-8-15(5-4-11)13-12-10/h8-9H,2-7,11H2,1H3. The summed E-state index contributed by atoms with van der Waals surface area (Å²) < 4.78 is 1.81. The van der Waals surface area contributed by atoms with Crippen LogP contribution in [-0.4, -0.2) is 40.0 Å². The molecule has 5 heteroatoms. The van der Waals surface area contributed by atoms with Crippen molar-refractivity contribution >= 4 is 0 Å². The van der Waals surface area contributed by atoms with Gasteiger partial charge in [0.2, 0.25) is 0 Å². The first-order valence-corrected chi connectivity index (χ1v) is 5.55. The number of hydrogen-bond acceptors (Lipinski definition) is 4. The molecule has 2 N–H and O–H groups in total. The average Bonchev–Trinajstić information content (AvgIpc) is 2.88. The fraction of sp³-hybridized carbons (Fsp3) is 0.800. The van der Waals surface area contributed by atoms with Crippen molar-refractivity contribution in [3.63, 3.8) is 0 Å². The molecule has 0 radical (unpaired) electrons. The second-order valence-corrected chi connectivity index (χ2v) is 4.40. The van der Waals surface area contributed by atoms with E-state index in [-0.39, 0.29) is 0 Å². The van der Waals surface area contributed by atoms with Crippen molar-refractivity contribution in [3.8, 4) is 0 Å². The van der Waals surface area contributed by atoms with Crippen molar-refractivity contribution in [2.24, 2.45) is 11.7 Å². The van der Waals surface area contributed by atoms with Crippen LogP contribution in [0, 0.1) is 5.92 Å². The Labute approximate surface area is 90.2 Å². The Hall–Kier alpha value is -0.940. The molecule has 1 aromatic rings. The van der Waals surface area contributed by atoms with E-state index in [1.807, 2.05) is 6.20 Å². The minimum atomic E-state index is 0.612. The van der Waals surface area contributed by atoms with E-state index >= 15 is 0 Å². The smallest absolute Gasteiger partial charge is 0.0967 e. The van der Waals surface area contributed by atoms with Crippen molar-refractivity contribution in [2.75, 3.05) is 20.1 Å². The largest absolute Gasteiger partial charge is 0.329 e. The van der Waals surface area contributed by atoms with Crippen LogP contribution in [-0.2, 0) is 13.1 Å². The zero-order valence-corrected chi connectivity index (χ0v) is 9.26. The molecule has 0 aliphatic heterocycles. The van der Waals surface area contributed by atoms with E-state index in [0.29, 0.717) is 6.54 Å². The first-order chi connectivity index (χ1) is 7.28. The molecule has 1 saturated carbocycles. The Bertz CT molecular complexity index is 305. The highest BCUT2D eigenvalue weighted by atomic mass is 15.4. The lowest BCUT2D eigenvalue weighted by atomic mass is 10.3. The first-order valence-electron chi connectivity index (χ1n) is 5.55. The summed E-state index contributed by atoms with van der Waals surface area (Å²) in [6, 6.07) is 0. The zero-order chi connectivity index (χ0) is 10.7. The SMILES string of the molecule is CN(Cc1cn(CCN)nn1)CC1CC1. The molecule has 0 amide bonds. The van der Waals surface area contributed by atoms with Crippen LogP contribution in [0.4, 0.5) is 0 Å². The fourth-order valence-electron chi connectivity index (χ4n) is 1.73. The van der Waals surface area contributed by atoms with Crippen LogP contribution in [0.25, 0.3) is 0 Å². The summed E-state index contributed by atoms with van der Waals surface area (Å²) in [6.45, 7) is 3.44. The number of nitrogens with two attached hydrogens (primary N) is 1. The van der Waals surface area contributed by atoms with E-state index in [2.05, 4.69) is 22.3 Å². The predicted molar refractivity (Wildman–Crippen MR) is 58.1 cm³/mol. The van der Waals surface area contributed by atoms with Gasteiger partial charge in [0.15, 0.2) is 0 Å². The van der Waals surface area contributed by atoms with Gasteiger partial charge in [0.25, 0.3) is 0 Å². The van der Waals surface area contributed by atoms with Crippen LogP contribution in [0.2, 0.25) is 0 Å². The van der Waals surface area contributed by atoms with Crippen LogP contribution in [0.3, 0.4) is 0 Å². The van der Waals surface area contributed by atoms with Gasteiger partial charge in [0.05, 0.1) is 12.2 Å². The first kappa shape index (κ1) is 10.6. The van der Waals surface area contributed by atoms with Gasteiger partial charge < -0.3 is 10.6 Å².